The molecule has 0 aliphatic heterocycles. The summed E-state index contributed by atoms with van der Waals surface area (Å²) in [6.07, 6.45) is 0.517. The summed E-state index contributed by atoms with van der Waals surface area (Å²) in [6.45, 7) is 1.94. The SMILES string of the molecule is Cc1cc(N(C)C)ccc1NC(=O)CCc1nc2c([nH]1)c(=O)[nH]c(=O)n2C. The van der Waals surface area contributed by atoms with E-state index in [4.69, 9.17) is 0 Å². The van der Waals surface area contributed by atoms with Crippen molar-refractivity contribution in [2.45, 2.75) is 19.8 Å². The van der Waals surface area contributed by atoms with Crippen molar-refractivity contribution in [1.29, 1.82) is 0 Å². The number of anilines is 2. The highest BCUT2D eigenvalue weighted by Crippen LogP contribution is 2.21. The van der Waals surface area contributed by atoms with E-state index in [2.05, 4.69) is 20.3 Å². The Morgan fingerprint density at radius 3 is 2.67 bits per heavy atom. The van der Waals surface area contributed by atoms with Gasteiger partial charge in [-0.1, -0.05) is 0 Å². The van der Waals surface area contributed by atoms with E-state index < -0.39 is 11.2 Å². The highest BCUT2D eigenvalue weighted by atomic mass is 16.2. The number of aromatic nitrogens is 4. The first kappa shape index (κ1) is 18.4. The van der Waals surface area contributed by atoms with Crippen LogP contribution in [0.2, 0.25) is 0 Å². The van der Waals surface area contributed by atoms with Crippen LogP contribution in [0, 0.1) is 6.92 Å². The third-order valence-electron chi connectivity index (χ3n) is 4.39. The summed E-state index contributed by atoms with van der Waals surface area (Å²) in [5, 5.41) is 2.89. The van der Waals surface area contributed by atoms with Crippen molar-refractivity contribution in [1.82, 2.24) is 19.5 Å². The molecule has 3 rings (SSSR count). The monoisotopic (exact) mass is 370 g/mol. The molecule has 0 aliphatic rings. The Hall–Kier alpha value is -3.36. The molecule has 2 heterocycles. The smallest absolute Gasteiger partial charge is 0.329 e. The molecule has 1 aromatic carbocycles. The largest absolute Gasteiger partial charge is 0.378 e. The van der Waals surface area contributed by atoms with Crippen LogP contribution in [0.1, 0.15) is 17.8 Å². The Balaban J connectivity index is 1.70. The molecule has 27 heavy (non-hydrogen) atoms. The predicted molar refractivity (Wildman–Crippen MR) is 104 cm³/mol. The first-order chi connectivity index (χ1) is 12.8. The number of fused-ring (bicyclic) bond motifs is 1. The number of aromatic amines is 2. The molecular weight excluding hydrogens is 348 g/mol. The minimum Gasteiger partial charge on any atom is -0.378 e. The van der Waals surface area contributed by atoms with E-state index >= 15 is 0 Å². The second-order valence-corrected chi connectivity index (χ2v) is 6.64. The van der Waals surface area contributed by atoms with Crippen LogP contribution in [-0.4, -0.2) is 39.5 Å². The molecule has 0 aliphatic carbocycles. The van der Waals surface area contributed by atoms with Gasteiger partial charge in [-0.2, -0.15) is 0 Å². The Morgan fingerprint density at radius 2 is 2.00 bits per heavy atom. The predicted octanol–water partition coefficient (Wildman–Crippen LogP) is 0.896. The number of carbonyl (C=O) groups excluding carboxylic acids is 1. The third kappa shape index (κ3) is 3.76. The second kappa shape index (κ2) is 7.10. The zero-order chi connectivity index (χ0) is 19.7. The van der Waals surface area contributed by atoms with Gasteiger partial charge in [-0.3, -0.25) is 19.1 Å². The first-order valence-electron chi connectivity index (χ1n) is 8.52. The Bertz CT molecular complexity index is 1120. The molecule has 142 valence electrons. The Labute approximate surface area is 155 Å². The molecule has 0 atom stereocenters. The van der Waals surface area contributed by atoms with E-state index in [9.17, 15) is 14.4 Å². The number of nitrogens with one attached hydrogen (secondary N) is 3. The summed E-state index contributed by atoms with van der Waals surface area (Å²) in [5.74, 6) is 0.325. The molecule has 0 saturated heterocycles. The fraction of sp³-hybridized carbons (Fsp3) is 0.333. The molecule has 0 unspecified atom stereocenters. The number of hydrogen-bond donors (Lipinski definition) is 3. The highest BCUT2D eigenvalue weighted by Gasteiger charge is 2.12. The standard InChI is InChI=1S/C18H22N6O3/c1-10-9-11(23(2)3)5-6-12(10)19-14(25)8-7-13-20-15-16(21-13)24(4)18(27)22-17(15)26/h5-6,9H,7-8H2,1-4H3,(H,19,25)(H,20,21)(H,22,26,27). The molecule has 1 amide bonds. The summed E-state index contributed by atoms with van der Waals surface area (Å²) in [6, 6.07) is 5.81. The van der Waals surface area contributed by atoms with Gasteiger partial charge < -0.3 is 15.2 Å². The molecule has 3 N–H and O–H groups in total. The molecule has 9 heteroatoms. The van der Waals surface area contributed by atoms with Crippen LogP contribution < -0.4 is 21.5 Å². The van der Waals surface area contributed by atoms with E-state index in [1.54, 1.807) is 0 Å². The number of benzene rings is 1. The summed E-state index contributed by atoms with van der Waals surface area (Å²) in [5.41, 5.74) is 2.24. The van der Waals surface area contributed by atoms with Crippen molar-refractivity contribution >= 4 is 28.4 Å². The summed E-state index contributed by atoms with van der Waals surface area (Å²) in [4.78, 5) is 47.1. The van der Waals surface area contributed by atoms with Crippen LogP contribution in [0.25, 0.3) is 11.2 Å². The minimum absolute atomic E-state index is 0.154. The zero-order valence-electron chi connectivity index (χ0n) is 15.7. The van der Waals surface area contributed by atoms with Crippen LogP contribution in [-0.2, 0) is 18.3 Å². The maximum Gasteiger partial charge on any atom is 0.329 e. The van der Waals surface area contributed by atoms with E-state index in [-0.39, 0.29) is 23.5 Å². The van der Waals surface area contributed by atoms with Gasteiger partial charge in [0.25, 0.3) is 5.56 Å². The topological polar surface area (TPSA) is 116 Å². The van der Waals surface area contributed by atoms with Crippen LogP contribution in [0.3, 0.4) is 0 Å². The molecule has 0 saturated carbocycles. The van der Waals surface area contributed by atoms with Gasteiger partial charge in [0, 0.05) is 45.4 Å². The van der Waals surface area contributed by atoms with Crippen molar-refractivity contribution < 1.29 is 4.79 Å². The average Bonchev–Trinajstić information content (AvgIpc) is 3.05. The van der Waals surface area contributed by atoms with Gasteiger partial charge >= 0.3 is 5.69 Å². The quantitative estimate of drug-likeness (QED) is 0.617. The van der Waals surface area contributed by atoms with Gasteiger partial charge in [0.15, 0.2) is 5.65 Å². The number of aryl methyl sites for hydroxylation is 3. The number of amides is 1. The van der Waals surface area contributed by atoms with Crippen molar-refractivity contribution in [2.75, 3.05) is 24.3 Å². The first-order valence-corrected chi connectivity index (χ1v) is 8.52. The van der Waals surface area contributed by atoms with Crippen molar-refractivity contribution in [2.24, 2.45) is 7.05 Å². The van der Waals surface area contributed by atoms with Crippen LogP contribution in [0.15, 0.2) is 27.8 Å². The number of nitrogens with zero attached hydrogens (tertiary/aromatic N) is 3. The molecular formula is C18H22N6O3. The van der Waals surface area contributed by atoms with Gasteiger partial charge in [0.05, 0.1) is 0 Å². The number of carbonyl (C=O) groups is 1. The number of rotatable bonds is 5. The van der Waals surface area contributed by atoms with Gasteiger partial charge in [-0.15, -0.1) is 0 Å². The normalized spacial score (nSPS) is 11.0. The molecule has 9 nitrogen and oxygen atoms in total. The van der Waals surface area contributed by atoms with Gasteiger partial charge in [0.2, 0.25) is 5.91 Å². The lowest BCUT2D eigenvalue weighted by Gasteiger charge is -2.15. The summed E-state index contributed by atoms with van der Waals surface area (Å²) in [7, 11) is 5.45. The Morgan fingerprint density at radius 1 is 1.26 bits per heavy atom. The number of H-pyrrole nitrogens is 2. The lowest BCUT2D eigenvalue weighted by atomic mass is 10.1. The van der Waals surface area contributed by atoms with E-state index in [1.165, 1.54) is 11.6 Å². The molecule has 0 spiro atoms. The van der Waals surface area contributed by atoms with Crippen molar-refractivity contribution in [3.8, 4) is 0 Å². The van der Waals surface area contributed by atoms with Crippen LogP contribution in [0.4, 0.5) is 11.4 Å². The summed E-state index contributed by atoms with van der Waals surface area (Å²) >= 11 is 0. The van der Waals surface area contributed by atoms with E-state index in [0.717, 1.165) is 16.9 Å². The molecule has 2 aromatic heterocycles. The maximum absolute atomic E-state index is 12.3. The van der Waals surface area contributed by atoms with Crippen molar-refractivity contribution in [3.05, 3.63) is 50.4 Å². The minimum atomic E-state index is -0.528. The van der Waals surface area contributed by atoms with Crippen LogP contribution >= 0.6 is 0 Å². The molecule has 0 bridgehead atoms. The molecule has 3 aromatic rings. The number of imidazole rings is 1. The van der Waals surface area contributed by atoms with E-state index in [1.807, 2.05) is 44.1 Å². The van der Waals surface area contributed by atoms with Gasteiger partial charge in [-0.25, -0.2) is 9.78 Å². The van der Waals surface area contributed by atoms with Gasteiger partial charge in [0.1, 0.15) is 11.3 Å². The van der Waals surface area contributed by atoms with E-state index in [0.29, 0.717) is 12.2 Å². The third-order valence-corrected chi connectivity index (χ3v) is 4.39. The fourth-order valence-electron chi connectivity index (χ4n) is 2.78. The zero-order valence-corrected chi connectivity index (χ0v) is 15.7. The maximum atomic E-state index is 12.3. The molecule has 0 radical (unpaired) electrons. The Kier molecular flexibility index (Phi) is 4.85. The van der Waals surface area contributed by atoms with Crippen molar-refractivity contribution in [3.63, 3.8) is 0 Å². The average molecular weight is 370 g/mol. The van der Waals surface area contributed by atoms with Gasteiger partial charge in [-0.05, 0) is 30.7 Å². The number of hydrogen-bond acceptors (Lipinski definition) is 5. The van der Waals surface area contributed by atoms with Crippen LogP contribution in [0.5, 0.6) is 0 Å². The second-order valence-electron chi connectivity index (χ2n) is 6.64. The molecule has 0 fully saturated rings. The lowest BCUT2D eigenvalue weighted by molar-refractivity contribution is -0.116. The fourth-order valence-corrected chi connectivity index (χ4v) is 2.78. The highest BCUT2D eigenvalue weighted by molar-refractivity contribution is 5.91. The lowest BCUT2D eigenvalue weighted by Crippen LogP contribution is -2.28. The summed E-state index contributed by atoms with van der Waals surface area (Å²) < 4.78 is 1.26.